The van der Waals surface area contributed by atoms with Crippen molar-refractivity contribution in [2.45, 2.75) is 19.0 Å². The van der Waals surface area contributed by atoms with E-state index in [1.807, 2.05) is 19.0 Å². The second-order valence-corrected chi connectivity index (χ2v) is 6.00. The first-order valence-electron chi connectivity index (χ1n) is 6.23. The van der Waals surface area contributed by atoms with Gasteiger partial charge in [0, 0.05) is 6.54 Å². The third-order valence-electron chi connectivity index (χ3n) is 2.88. The van der Waals surface area contributed by atoms with Crippen LogP contribution in [0.5, 0.6) is 0 Å². The largest absolute Gasteiger partial charge is 0.394 e. The molecule has 114 valence electrons. The number of hydrogen-bond donors (Lipinski definition) is 3. The van der Waals surface area contributed by atoms with Crippen molar-refractivity contribution in [3.05, 3.63) is 21.0 Å². The fourth-order valence-electron chi connectivity index (χ4n) is 1.46. The molecule has 1 aromatic heterocycles. The van der Waals surface area contributed by atoms with Crippen molar-refractivity contribution < 1.29 is 10.2 Å². The second-order valence-electron chi connectivity index (χ2n) is 5.21. The number of aromatic nitrogens is 2. The van der Waals surface area contributed by atoms with Crippen LogP contribution in [-0.4, -0.2) is 64.3 Å². The summed E-state index contributed by atoms with van der Waals surface area (Å²) in [5, 5.41) is 25.5. The zero-order valence-electron chi connectivity index (χ0n) is 11.9. The summed E-state index contributed by atoms with van der Waals surface area (Å²) in [6, 6.07) is 0. The Hall–Kier alpha value is -0.960. The molecule has 0 bridgehead atoms. The smallest absolute Gasteiger partial charge is 0.283 e. The molecule has 3 N–H and O–H groups in total. The van der Waals surface area contributed by atoms with Gasteiger partial charge in [-0.25, -0.2) is 4.68 Å². The molecule has 0 amide bonds. The molecule has 7 nitrogen and oxygen atoms in total. The summed E-state index contributed by atoms with van der Waals surface area (Å²) in [5.41, 5.74) is -0.719. The number of nitrogens with one attached hydrogen (secondary N) is 1. The zero-order chi connectivity index (χ0) is 15.3. The van der Waals surface area contributed by atoms with E-state index in [4.69, 9.17) is 0 Å². The molecular formula is C12H21BrN4O3. The highest BCUT2D eigenvalue weighted by molar-refractivity contribution is 9.10. The van der Waals surface area contributed by atoms with Crippen LogP contribution in [0, 0.1) is 0 Å². The highest BCUT2D eigenvalue weighted by atomic mass is 79.9. The predicted octanol–water partition coefficient (Wildman–Crippen LogP) is -0.277. The number of rotatable bonds is 7. The maximum Gasteiger partial charge on any atom is 0.283 e. The van der Waals surface area contributed by atoms with Gasteiger partial charge in [0.2, 0.25) is 0 Å². The van der Waals surface area contributed by atoms with E-state index in [1.165, 1.54) is 10.9 Å². The highest BCUT2D eigenvalue weighted by Gasteiger charge is 2.24. The molecule has 0 atom stereocenters. The molecule has 8 heteroatoms. The van der Waals surface area contributed by atoms with Gasteiger partial charge in [0.1, 0.15) is 4.47 Å². The Morgan fingerprint density at radius 3 is 2.55 bits per heavy atom. The van der Waals surface area contributed by atoms with E-state index in [9.17, 15) is 15.0 Å². The molecule has 0 spiro atoms. The van der Waals surface area contributed by atoms with E-state index in [-0.39, 0.29) is 18.8 Å². The molecule has 0 aliphatic carbocycles. The van der Waals surface area contributed by atoms with Crippen LogP contribution in [0.15, 0.2) is 15.5 Å². The third kappa shape index (κ3) is 4.27. The molecule has 0 aliphatic heterocycles. The number of aliphatic hydroxyl groups excluding tert-OH is 2. The minimum atomic E-state index is -0.910. The summed E-state index contributed by atoms with van der Waals surface area (Å²) in [6.45, 7) is 2.31. The number of hydrogen-bond acceptors (Lipinski definition) is 6. The first kappa shape index (κ1) is 17.1. The second kappa shape index (κ2) is 7.16. The summed E-state index contributed by atoms with van der Waals surface area (Å²) < 4.78 is 1.70. The van der Waals surface area contributed by atoms with Crippen LogP contribution in [0.2, 0.25) is 0 Å². The molecule has 0 fully saturated rings. The average Bonchev–Trinajstić information content (AvgIpc) is 2.42. The Labute approximate surface area is 126 Å². The summed E-state index contributed by atoms with van der Waals surface area (Å²) in [4.78, 5) is 14.1. The van der Waals surface area contributed by atoms with Gasteiger partial charge in [0.25, 0.3) is 5.56 Å². The van der Waals surface area contributed by atoms with Crippen molar-refractivity contribution >= 4 is 21.6 Å². The van der Waals surface area contributed by atoms with Crippen LogP contribution in [0.4, 0.5) is 5.69 Å². The molecule has 0 aliphatic rings. The maximum absolute atomic E-state index is 12.1. The summed E-state index contributed by atoms with van der Waals surface area (Å²) >= 11 is 3.24. The topological polar surface area (TPSA) is 90.6 Å². The number of likely N-dealkylation sites (N-methyl/N-ethyl adjacent to an activating group) is 1. The van der Waals surface area contributed by atoms with Crippen LogP contribution < -0.4 is 10.9 Å². The lowest BCUT2D eigenvalue weighted by molar-refractivity contribution is 0.147. The third-order valence-corrected chi connectivity index (χ3v) is 3.64. The first-order valence-corrected chi connectivity index (χ1v) is 7.02. The molecule has 1 aromatic rings. The van der Waals surface area contributed by atoms with Gasteiger partial charge in [-0.15, -0.1) is 0 Å². The Morgan fingerprint density at radius 2 is 2.05 bits per heavy atom. The lowest BCUT2D eigenvalue weighted by Crippen LogP contribution is -2.43. The van der Waals surface area contributed by atoms with Gasteiger partial charge in [-0.1, -0.05) is 0 Å². The molecule has 1 rings (SSSR count). The van der Waals surface area contributed by atoms with E-state index in [1.54, 1.807) is 6.92 Å². The van der Waals surface area contributed by atoms with Gasteiger partial charge in [-0.2, -0.15) is 5.10 Å². The average molecular weight is 349 g/mol. The molecule has 1 heterocycles. The predicted molar refractivity (Wildman–Crippen MR) is 81.0 cm³/mol. The summed E-state index contributed by atoms with van der Waals surface area (Å²) in [6.07, 6.45) is 1.50. The Bertz CT molecular complexity index is 500. The maximum atomic E-state index is 12.1. The van der Waals surface area contributed by atoms with Crippen LogP contribution in [0.1, 0.15) is 6.92 Å². The van der Waals surface area contributed by atoms with Crippen LogP contribution in [0.3, 0.4) is 0 Å². The van der Waals surface area contributed by atoms with Crippen molar-refractivity contribution in [1.82, 2.24) is 14.7 Å². The summed E-state index contributed by atoms with van der Waals surface area (Å²) in [5.74, 6) is 0. The number of anilines is 1. The molecule has 0 saturated heterocycles. The molecule has 0 saturated carbocycles. The molecule has 20 heavy (non-hydrogen) atoms. The lowest BCUT2D eigenvalue weighted by atomic mass is 10.1. The Kier molecular flexibility index (Phi) is 6.12. The minimum Gasteiger partial charge on any atom is -0.394 e. The quantitative estimate of drug-likeness (QED) is 0.628. The van der Waals surface area contributed by atoms with Crippen molar-refractivity contribution in [3.63, 3.8) is 0 Å². The SMILES string of the molecule is CN(C)CCn1ncc(NC(C)(CO)CO)c(Br)c1=O. The minimum absolute atomic E-state index is 0.255. The number of nitrogens with zero attached hydrogens (tertiary/aromatic N) is 3. The van der Waals surface area contributed by atoms with Crippen molar-refractivity contribution in [2.75, 3.05) is 39.2 Å². The van der Waals surface area contributed by atoms with Gasteiger partial charge in [-0.05, 0) is 36.9 Å². The highest BCUT2D eigenvalue weighted by Crippen LogP contribution is 2.20. The van der Waals surface area contributed by atoms with Gasteiger partial charge in [-0.3, -0.25) is 4.79 Å². The number of halogens is 1. The molecule has 0 radical (unpaired) electrons. The van der Waals surface area contributed by atoms with Crippen LogP contribution >= 0.6 is 15.9 Å². The molecule has 0 aromatic carbocycles. The normalized spacial score (nSPS) is 11.9. The van der Waals surface area contributed by atoms with Gasteiger partial charge < -0.3 is 20.4 Å². The number of aliphatic hydroxyl groups is 2. The Morgan fingerprint density at radius 1 is 1.45 bits per heavy atom. The van der Waals surface area contributed by atoms with E-state index in [2.05, 4.69) is 26.3 Å². The van der Waals surface area contributed by atoms with Gasteiger partial charge in [0.05, 0.1) is 37.2 Å². The van der Waals surface area contributed by atoms with Gasteiger partial charge in [0.15, 0.2) is 0 Å². The van der Waals surface area contributed by atoms with Crippen molar-refractivity contribution in [2.24, 2.45) is 0 Å². The zero-order valence-corrected chi connectivity index (χ0v) is 13.5. The van der Waals surface area contributed by atoms with Crippen molar-refractivity contribution in [3.8, 4) is 0 Å². The van der Waals surface area contributed by atoms with Crippen molar-refractivity contribution in [1.29, 1.82) is 0 Å². The molecule has 0 unspecified atom stereocenters. The monoisotopic (exact) mass is 348 g/mol. The first-order chi connectivity index (χ1) is 9.33. The van der Waals surface area contributed by atoms with E-state index < -0.39 is 5.54 Å². The van der Waals surface area contributed by atoms with Crippen LogP contribution in [0.25, 0.3) is 0 Å². The molecular weight excluding hydrogens is 328 g/mol. The standard InChI is InChI=1S/C12H21BrN4O3/c1-12(7-18,8-19)15-9-6-14-17(5-4-16(2)3)11(20)10(9)13/h6,15,18-19H,4-5,7-8H2,1-3H3. The van der Waals surface area contributed by atoms with E-state index in [0.717, 1.165) is 0 Å². The van der Waals surface area contributed by atoms with E-state index >= 15 is 0 Å². The lowest BCUT2D eigenvalue weighted by Gasteiger charge is -2.27. The van der Waals surface area contributed by atoms with Gasteiger partial charge >= 0.3 is 0 Å². The van der Waals surface area contributed by atoms with Crippen LogP contribution in [-0.2, 0) is 6.54 Å². The fourth-order valence-corrected chi connectivity index (χ4v) is 1.87. The summed E-state index contributed by atoms with van der Waals surface area (Å²) in [7, 11) is 3.84. The van der Waals surface area contributed by atoms with E-state index in [0.29, 0.717) is 23.2 Å². The Balaban J connectivity index is 2.97. The fraction of sp³-hybridized carbons (Fsp3) is 0.667.